The van der Waals surface area contributed by atoms with E-state index in [9.17, 15) is 0 Å². The van der Waals surface area contributed by atoms with Gasteiger partial charge in [-0.15, -0.1) is 0 Å². The summed E-state index contributed by atoms with van der Waals surface area (Å²) in [6.45, 7) is 10.3. The first-order valence-electron chi connectivity index (χ1n) is 6.35. The van der Waals surface area contributed by atoms with Gasteiger partial charge in [0, 0.05) is 11.6 Å². The first-order valence-corrected chi connectivity index (χ1v) is 6.35. The molecule has 0 spiro atoms. The average Bonchev–Trinajstić information content (AvgIpc) is 2.33. The summed E-state index contributed by atoms with van der Waals surface area (Å²) in [6.07, 6.45) is 1.02. The fourth-order valence-corrected chi connectivity index (χ4v) is 1.88. The molecule has 0 radical (unpaired) electrons. The number of nitrogens with zero attached hydrogens (tertiary/aromatic N) is 2. The van der Waals surface area contributed by atoms with Crippen LogP contribution in [0.1, 0.15) is 45.2 Å². The van der Waals surface area contributed by atoms with E-state index in [0.717, 1.165) is 17.8 Å². The van der Waals surface area contributed by atoms with Crippen molar-refractivity contribution in [2.75, 3.05) is 0 Å². The minimum Gasteiger partial charge on any atom is -0.160 e. The zero-order chi connectivity index (χ0) is 12.8. The molecule has 1 atom stereocenters. The number of rotatable bonds is 1. The molecule has 0 amide bonds. The summed E-state index contributed by atoms with van der Waals surface area (Å²) in [5.41, 5.74) is 4.71. The van der Waals surface area contributed by atoms with E-state index in [1.54, 1.807) is 0 Å². The molecule has 1 aliphatic heterocycles. The number of hydrogen-bond donors (Lipinski definition) is 0. The van der Waals surface area contributed by atoms with E-state index in [2.05, 4.69) is 48.3 Å². The van der Waals surface area contributed by atoms with Crippen molar-refractivity contribution in [1.82, 2.24) is 0 Å². The molecule has 2 nitrogen and oxygen atoms in total. The summed E-state index contributed by atoms with van der Waals surface area (Å²) in [7, 11) is 0. The summed E-state index contributed by atoms with van der Waals surface area (Å²) >= 11 is 0. The molecule has 1 heterocycles. The van der Waals surface area contributed by atoms with Crippen molar-refractivity contribution in [3.8, 4) is 0 Å². The Morgan fingerprint density at radius 1 is 1.00 bits per heavy atom. The molecular formula is C15H22N2. The van der Waals surface area contributed by atoms with E-state index in [1.807, 2.05) is 20.8 Å². The van der Waals surface area contributed by atoms with Crippen molar-refractivity contribution in [3.05, 3.63) is 35.4 Å². The van der Waals surface area contributed by atoms with Gasteiger partial charge < -0.3 is 0 Å². The van der Waals surface area contributed by atoms with Crippen LogP contribution in [0.15, 0.2) is 34.5 Å². The van der Waals surface area contributed by atoms with Crippen LogP contribution in [0.2, 0.25) is 0 Å². The average molecular weight is 230 g/mol. The van der Waals surface area contributed by atoms with E-state index in [-0.39, 0.29) is 0 Å². The van der Waals surface area contributed by atoms with Crippen molar-refractivity contribution in [3.63, 3.8) is 0 Å². The monoisotopic (exact) mass is 230 g/mol. The summed E-state index contributed by atoms with van der Waals surface area (Å²) < 4.78 is 0. The minimum absolute atomic E-state index is 0.477. The molecule has 1 aromatic carbocycles. The third-order valence-electron chi connectivity index (χ3n) is 2.74. The summed E-state index contributed by atoms with van der Waals surface area (Å²) in [5.74, 6) is 0.477. The molecule has 0 fully saturated rings. The molecule has 2 heteroatoms. The highest BCUT2D eigenvalue weighted by Gasteiger charge is 2.17. The van der Waals surface area contributed by atoms with Crippen molar-refractivity contribution >= 4 is 11.4 Å². The molecule has 92 valence electrons. The van der Waals surface area contributed by atoms with E-state index in [1.165, 1.54) is 11.1 Å². The van der Waals surface area contributed by atoms with Gasteiger partial charge in [0.2, 0.25) is 0 Å². The maximum absolute atomic E-state index is 4.30. The Balaban J connectivity index is 0.000000686. The minimum atomic E-state index is 0.477. The molecule has 0 bridgehead atoms. The number of aryl methyl sites for hydroxylation is 1. The molecule has 0 aromatic heterocycles. The Labute approximate surface area is 104 Å². The maximum Gasteiger partial charge on any atom is 0.0734 e. The molecule has 1 aliphatic rings. The Morgan fingerprint density at radius 3 is 2.12 bits per heavy atom. The Bertz CT molecular complexity index is 413. The van der Waals surface area contributed by atoms with Crippen molar-refractivity contribution in [1.29, 1.82) is 0 Å². The molecule has 0 N–H and O–H groups in total. The zero-order valence-corrected chi connectivity index (χ0v) is 11.5. The standard InChI is InChI=1S/C13H16N2.C2H6/c1-9-4-6-12(7-5-9)13-10(2)8-11(3)14-15-13;1-2/h4-7,10H,8H2,1-3H3;1-2H3. The Morgan fingerprint density at radius 2 is 1.59 bits per heavy atom. The predicted molar refractivity (Wildman–Crippen MR) is 76.0 cm³/mol. The van der Waals surface area contributed by atoms with E-state index < -0.39 is 0 Å². The summed E-state index contributed by atoms with van der Waals surface area (Å²) in [6, 6.07) is 8.49. The highest BCUT2D eigenvalue weighted by Crippen LogP contribution is 2.18. The quantitative estimate of drug-likeness (QED) is 0.690. The van der Waals surface area contributed by atoms with Crippen LogP contribution in [0.25, 0.3) is 0 Å². The van der Waals surface area contributed by atoms with E-state index in [0.29, 0.717) is 5.92 Å². The molecule has 2 rings (SSSR count). The SMILES string of the molecule is CC.CC1=NN=C(c2ccc(C)cc2)C(C)C1. The lowest BCUT2D eigenvalue weighted by Gasteiger charge is -2.17. The van der Waals surface area contributed by atoms with Crippen molar-refractivity contribution < 1.29 is 0 Å². The van der Waals surface area contributed by atoms with Crippen LogP contribution < -0.4 is 0 Å². The summed E-state index contributed by atoms with van der Waals surface area (Å²) in [5, 5.41) is 8.46. The van der Waals surface area contributed by atoms with E-state index in [4.69, 9.17) is 0 Å². The largest absolute Gasteiger partial charge is 0.160 e. The lowest BCUT2D eigenvalue weighted by atomic mass is 9.92. The van der Waals surface area contributed by atoms with Gasteiger partial charge in [0.05, 0.1) is 5.71 Å². The van der Waals surface area contributed by atoms with Crippen LogP contribution in [0, 0.1) is 12.8 Å². The predicted octanol–water partition coefficient (Wildman–Crippen LogP) is 4.23. The molecule has 0 aliphatic carbocycles. The van der Waals surface area contributed by atoms with Gasteiger partial charge in [-0.05, 0) is 25.8 Å². The smallest absolute Gasteiger partial charge is 0.0734 e. The van der Waals surface area contributed by atoms with Gasteiger partial charge >= 0.3 is 0 Å². The van der Waals surface area contributed by atoms with Crippen LogP contribution in [-0.2, 0) is 0 Å². The lowest BCUT2D eigenvalue weighted by Crippen LogP contribution is -2.18. The van der Waals surface area contributed by atoms with Crippen molar-refractivity contribution in [2.45, 2.75) is 41.0 Å². The lowest BCUT2D eigenvalue weighted by molar-refractivity contribution is 0.786. The zero-order valence-electron chi connectivity index (χ0n) is 11.5. The van der Waals surface area contributed by atoms with Gasteiger partial charge in [-0.3, -0.25) is 0 Å². The molecule has 1 unspecified atom stereocenters. The van der Waals surface area contributed by atoms with Crippen LogP contribution >= 0.6 is 0 Å². The first kappa shape index (κ1) is 13.6. The number of benzene rings is 1. The highest BCUT2D eigenvalue weighted by molar-refractivity contribution is 6.05. The van der Waals surface area contributed by atoms with Crippen LogP contribution in [-0.4, -0.2) is 11.4 Å². The molecule has 1 aromatic rings. The Kier molecular flexibility index (Phi) is 5.08. The topological polar surface area (TPSA) is 24.7 Å². The second kappa shape index (κ2) is 6.33. The van der Waals surface area contributed by atoms with Crippen LogP contribution in [0.4, 0.5) is 0 Å². The Hall–Kier alpha value is -1.44. The van der Waals surface area contributed by atoms with Gasteiger partial charge in [-0.1, -0.05) is 50.6 Å². The van der Waals surface area contributed by atoms with Crippen LogP contribution in [0.3, 0.4) is 0 Å². The summed E-state index contributed by atoms with van der Waals surface area (Å²) in [4.78, 5) is 0. The fraction of sp³-hybridized carbons (Fsp3) is 0.467. The highest BCUT2D eigenvalue weighted by atomic mass is 15.2. The number of hydrogen-bond acceptors (Lipinski definition) is 2. The molecule has 0 saturated carbocycles. The third kappa shape index (κ3) is 3.52. The van der Waals surface area contributed by atoms with Gasteiger partial charge in [-0.25, -0.2) is 0 Å². The molecule has 0 saturated heterocycles. The maximum atomic E-state index is 4.30. The fourth-order valence-electron chi connectivity index (χ4n) is 1.88. The normalized spacial score (nSPS) is 18.8. The van der Waals surface area contributed by atoms with Crippen molar-refractivity contribution in [2.24, 2.45) is 16.1 Å². The molecule has 17 heavy (non-hydrogen) atoms. The van der Waals surface area contributed by atoms with E-state index >= 15 is 0 Å². The molecular weight excluding hydrogens is 208 g/mol. The van der Waals surface area contributed by atoms with Gasteiger partial charge in [0.15, 0.2) is 0 Å². The third-order valence-corrected chi connectivity index (χ3v) is 2.74. The van der Waals surface area contributed by atoms with Gasteiger partial charge in [0.25, 0.3) is 0 Å². The second-order valence-electron chi connectivity index (χ2n) is 4.29. The van der Waals surface area contributed by atoms with Crippen LogP contribution in [0.5, 0.6) is 0 Å². The first-order chi connectivity index (χ1) is 8.16. The van der Waals surface area contributed by atoms with Gasteiger partial charge in [-0.2, -0.15) is 10.2 Å². The van der Waals surface area contributed by atoms with Gasteiger partial charge in [0.1, 0.15) is 0 Å². The second-order valence-corrected chi connectivity index (χ2v) is 4.29.